The Morgan fingerprint density at radius 3 is 2.62 bits per heavy atom. The number of sulfonamides is 1. The fourth-order valence-corrected chi connectivity index (χ4v) is 4.94. The summed E-state index contributed by atoms with van der Waals surface area (Å²) in [6, 6.07) is 5.19. The van der Waals surface area contributed by atoms with Crippen molar-refractivity contribution in [2.24, 2.45) is 0 Å². The van der Waals surface area contributed by atoms with Gasteiger partial charge in [-0.15, -0.1) is 0 Å². The van der Waals surface area contributed by atoms with Crippen molar-refractivity contribution in [2.75, 3.05) is 0 Å². The van der Waals surface area contributed by atoms with E-state index in [-0.39, 0.29) is 16.5 Å². The molecular formula is C19H25N3O3S. The maximum absolute atomic E-state index is 12.8. The summed E-state index contributed by atoms with van der Waals surface area (Å²) in [7, 11) is -3.61. The molecule has 140 valence electrons. The van der Waals surface area contributed by atoms with Crippen LogP contribution in [0.2, 0.25) is 0 Å². The lowest BCUT2D eigenvalue weighted by Crippen LogP contribution is -2.32. The zero-order chi connectivity index (χ0) is 18.9. The summed E-state index contributed by atoms with van der Waals surface area (Å²) >= 11 is 0. The van der Waals surface area contributed by atoms with Crippen LogP contribution >= 0.6 is 0 Å². The molecule has 0 unspecified atom stereocenters. The monoisotopic (exact) mass is 375 g/mol. The van der Waals surface area contributed by atoms with Crippen molar-refractivity contribution in [2.45, 2.75) is 63.8 Å². The minimum atomic E-state index is -3.61. The number of aromatic nitrogens is 2. The van der Waals surface area contributed by atoms with E-state index < -0.39 is 10.0 Å². The van der Waals surface area contributed by atoms with Crippen LogP contribution in [0.3, 0.4) is 0 Å². The molecule has 0 fully saturated rings. The van der Waals surface area contributed by atoms with Crippen molar-refractivity contribution in [3.05, 3.63) is 45.2 Å². The Kier molecular flexibility index (Phi) is 5.29. The van der Waals surface area contributed by atoms with Crippen molar-refractivity contribution in [3.63, 3.8) is 0 Å². The summed E-state index contributed by atoms with van der Waals surface area (Å²) in [5, 5.41) is 6.81. The molecule has 3 rings (SSSR count). The number of H-pyrrole nitrogens is 1. The number of hydrogen-bond acceptors (Lipinski definition) is 4. The molecule has 0 spiro atoms. The number of aromatic amines is 1. The smallest absolute Gasteiger partial charge is 0.267 e. The minimum absolute atomic E-state index is 0.137. The van der Waals surface area contributed by atoms with E-state index in [1.807, 2.05) is 19.9 Å². The molecule has 0 saturated carbocycles. The van der Waals surface area contributed by atoms with Gasteiger partial charge in [-0.3, -0.25) is 4.79 Å². The standard InChI is InChI=1S/C19H25N3O3S/c1-4-13(3)22-26(24,25)17-11-14(10-9-12(17)2)18-15-7-5-6-8-16(15)19(23)21-20-18/h9-11,13,22H,4-8H2,1-3H3,(H,21,23)/t13-/m0/s1. The van der Waals surface area contributed by atoms with Crippen LogP contribution in [0.1, 0.15) is 49.8 Å². The first kappa shape index (κ1) is 18.8. The summed E-state index contributed by atoms with van der Waals surface area (Å²) < 4.78 is 28.2. The maximum Gasteiger partial charge on any atom is 0.267 e. The average Bonchev–Trinajstić information content (AvgIpc) is 2.62. The molecule has 0 radical (unpaired) electrons. The quantitative estimate of drug-likeness (QED) is 0.840. The number of fused-ring (bicyclic) bond motifs is 1. The Balaban J connectivity index is 2.11. The van der Waals surface area contributed by atoms with Crippen LogP contribution < -0.4 is 10.3 Å². The van der Waals surface area contributed by atoms with Gasteiger partial charge in [0.25, 0.3) is 5.56 Å². The highest BCUT2D eigenvalue weighted by Gasteiger charge is 2.23. The average molecular weight is 375 g/mol. The van der Waals surface area contributed by atoms with Gasteiger partial charge >= 0.3 is 0 Å². The molecule has 0 bridgehead atoms. The molecule has 0 saturated heterocycles. The van der Waals surface area contributed by atoms with Crippen LogP contribution in [0.4, 0.5) is 0 Å². The highest BCUT2D eigenvalue weighted by Crippen LogP contribution is 2.30. The van der Waals surface area contributed by atoms with E-state index in [4.69, 9.17) is 0 Å². The van der Waals surface area contributed by atoms with Crippen molar-refractivity contribution < 1.29 is 8.42 Å². The molecular weight excluding hydrogens is 350 g/mol. The van der Waals surface area contributed by atoms with Gasteiger partial charge in [-0.25, -0.2) is 18.2 Å². The second-order valence-corrected chi connectivity index (χ2v) is 8.66. The third kappa shape index (κ3) is 3.59. The number of benzene rings is 1. The summed E-state index contributed by atoms with van der Waals surface area (Å²) in [5.41, 5.74) is 3.67. The lowest BCUT2D eigenvalue weighted by Gasteiger charge is -2.18. The maximum atomic E-state index is 12.8. The van der Waals surface area contributed by atoms with Gasteiger partial charge in [0, 0.05) is 17.2 Å². The van der Waals surface area contributed by atoms with Crippen molar-refractivity contribution in [1.82, 2.24) is 14.9 Å². The van der Waals surface area contributed by atoms with E-state index in [1.165, 1.54) is 0 Å². The summed E-state index contributed by atoms with van der Waals surface area (Å²) in [6.45, 7) is 5.56. The fourth-order valence-electron chi connectivity index (χ4n) is 3.35. The Morgan fingerprint density at radius 1 is 1.23 bits per heavy atom. The molecule has 1 aliphatic rings. The second kappa shape index (κ2) is 7.32. The van der Waals surface area contributed by atoms with Crippen LogP contribution in [0.5, 0.6) is 0 Å². The lowest BCUT2D eigenvalue weighted by molar-refractivity contribution is 0.555. The summed E-state index contributed by atoms with van der Waals surface area (Å²) in [5.74, 6) is 0. The van der Waals surface area contributed by atoms with Crippen molar-refractivity contribution in [3.8, 4) is 11.3 Å². The second-order valence-electron chi connectivity index (χ2n) is 6.98. The molecule has 2 N–H and O–H groups in total. The van der Waals surface area contributed by atoms with Crippen molar-refractivity contribution >= 4 is 10.0 Å². The van der Waals surface area contributed by atoms with E-state index in [0.29, 0.717) is 17.7 Å². The van der Waals surface area contributed by atoms with Gasteiger partial charge in [-0.05, 0) is 63.1 Å². The molecule has 1 heterocycles. The first-order chi connectivity index (χ1) is 12.3. The van der Waals surface area contributed by atoms with Gasteiger partial charge in [0.2, 0.25) is 10.0 Å². The Morgan fingerprint density at radius 2 is 1.92 bits per heavy atom. The largest absolute Gasteiger partial charge is 0.268 e. The summed E-state index contributed by atoms with van der Waals surface area (Å²) in [4.78, 5) is 12.3. The first-order valence-corrected chi connectivity index (χ1v) is 10.6. The van der Waals surface area contributed by atoms with Gasteiger partial charge in [0.1, 0.15) is 0 Å². The highest BCUT2D eigenvalue weighted by molar-refractivity contribution is 7.89. The van der Waals surface area contributed by atoms with Crippen LogP contribution in [0, 0.1) is 6.92 Å². The van der Waals surface area contributed by atoms with E-state index in [2.05, 4.69) is 14.9 Å². The van der Waals surface area contributed by atoms with Gasteiger partial charge in [-0.1, -0.05) is 19.1 Å². The van der Waals surface area contributed by atoms with Crippen LogP contribution in [0.15, 0.2) is 27.9 Å². The first-order valence-electron chi connectivity index (χ1n) is 9.07. The molecule has 1 aromatic carbocycles. The third-order valence-corrected chi connectivity index (χ3v) is 6.75. The molecule has 26 heavy (non-hydrogen) atoms. The van der Waals surface area contributed by atoms with Gasteiger partial charge in [0.05, 0.1) is 10.6 Å². The minimum Gasteiger partial charge on any atom is -0.268 e. The lowest BCUT2D eigenvalue weighted by atomic mass is 9.90. The number of nitrogens with one attached hydrogen (secondary N) is 2. The highest BCUT2D eigenvalue weighted by atomic mass is 32.2. The Labute approximate surface area is 154 Å². The molecule has 1 aromatic heterocycles. The predicted molar refractivity (Wildman–Crippen MR) is 102 cm³/mol. The van der Waals surface area contributed by atoms with E-state index in [9.17, 15) is 13.2 Å². The molecule has 7 heteroatoms. The van der Waals surface area contributed by atoms with E-state index in [1.54, 1.807) is 19.1 Å². The van der Waals surface area contributed by atoms with Crippen LogP contribution in [-0.4, -0.2) is 24.7 Å². The van der Waals surface area contributed by atoms with E-state index >= 15 is 0 Å². The number of nitrogens with zero attached hydrogens (tertiary/aromatic N) is 1. The normalized spacial score (nSPS) is 15.5. The van der Waals surface area contributed by atoms with Gasteiger partial charge < -0.3 is 0 Å². The summed E-state index contributed by atoms with van der Waals surface area (Å²) in [6.07, 6.45) is 4.26. The zero-order valence-corrected chi connectivity index (χ0v) is 16.2. The number of hydrogen-bond donors (Lipinski definition) is 2. The van der Waals surface area contributed by atoms with Crippen LogP contribution in [-0.2, 0) is 22.9 Å². The third-order valence-electron chi connectivity index (χ3n) is 5.02. The predicted octanol–water partition coefficient (Wildman–Crippen LogP) is 2.70. The Hall–Kier alpha value is -1.99. The zero-order valence-electron chi connectivity index (χ0n) is 15.4. The molecule has 2 aromatic rings. The number of aryl methyl sites for hydroxylation is 1. The molecule has 1 aliphatic carbocycles. The van der Waals surface area contributed by atoms with Gasteiger partial charge in [-0.2, -0.15) is 5.10 Å². The number of rotatable bonds is 5. The van der Waals surface area contributed by atoms with Crippen LogP contribution in [0.25, 0.3) is 11.3 Å². The molecule has 0 amide bonds. The molecule has 0 aliphatic heterocycles. The topological polar surface area (TPSA) is 91.9 Å². The van der Waals surface area contributed by atoms with Gasteiger partial charge in [0.15, 0.2) is 0 Å². The molecule has 1 atom stereocenters. The SMILES string of the molecule is CC[C@H](C)NS(=O)(=O)c1cc(-c2n[nH]c(=O)c3c2CCCC3)ccc1C. The molecule has 6 nitrogen and oxygen atoms in total. The fraction of sp³-hybridized carbons (Fsp3) is 0.474. The van der Waals surface area contributed by atoms with E-state index in [0.717, 1.165) is 42.4 Å². The Bertz CT molecular complexity index is 980. The van der Waals surface area contributed by atoms with Crippen molar-refractivity contribution in [1.29, 1.82) is 0 Å².